The second-order valence-electron chi connectivity index (χ2n) is 7.87. The number of carbonyl (C=O) groups excluding carboxylic acids is 1. The second-order valence-corrected chi connectivity index (χ2v) is 8.66. The van der Waals surface area contributed by atoms with E-state index in [0.717, 1.165) is 61.2 Å². The lowest BCUT2D eigenvalue weighted by Gasteiger charge is -2.41. The molecule has 27 heavy (non-hydrogen) atoms. The summed E-state index contributed by atoms with van der Waals surface area (Å²) in [5.74, 6) is -0.639. The molecule has 0 aliphatic carbocycles. The van der Waals surface area contributed by atoms with Gasteiger partial charge in [0.25, 0.3) is 0 Å². The first-order chi connectivity index (χ1) is 12.7. The maximum atomic E-state index is 12.4. The lowest BCUT2D eigenvalue weighted by Crippen LogP contribution is -2.44. The van der Waals surface area contributed by atoms with Crippen LogP contribution in [0.5, 0.6) is 0 Å². The number of aliphatic hydroxyl groups is 1. The third-order valence-electron chi connectivity index (χ3n) is 5.53. The lowest BCUT2D eigenvalue weighted by molar-refractivity contribution is -0.157. The van der Waals surface area contributed by atoms with Crippen molar-refractivity contribution in [1.29, 1.82) is 0 Å². The van der Waals surface area contributed by atoms with E-state index in [1.54, 1.807) is 13.8 Å². The fourth-order valence-electron chi connectivity index (χ4n) is 4.16. The summed E-state index contributed by atoms with van der Waals surface area (Å²) in [5.41, 5.74) is 2.88. The van der Waals surface area contributed by atoms with Crippen molar-refractivity contribution in [3.63, 3.8) is 0 Å². The Kier molecular flexibility index (Phi) is 6.13. The van der Waals surface area contributed by atoms with Gasteiger partial charge in [-0.3, -0.25) is 4.98 Å². The molecule has 0 saturated carbocycles. The molecule has 2 saturated heterocycles. The third-order valence-corrected chi connectivity index (χ3v) is 6.48. The number of hydrogen-bond donors (Lipinski definition) is 1. The summed E-state index contributed by atoms with van der Waals surface area (Å²) < 4.78 is 12.1. The van der Waals surface area contributed by atoms with Crippen LogP contribution in [0.1, 0.15) is 62.6 Å². The number of hydrogen-bond acceptors (Lipinski definition) is 6. The van der Waals surface area contributed by atoms with Gasteiger partial charge in [0, 0.05) is 31.0 Å². The first kappa shape index (κ1) is 20.6. The van der Waals surface area contributed by atoms with Gasteiger partial charge in [0.2, 0.25) is 0 Å². The van der Waals surface area contributed by atoms with Gasteiger partial charge in [-0.25, -0.2) is 4.79 Å². The molecule has 6 nitrogen and oxygen atoms in total. The van der Waals surface area contributed by atoms with Crippen LogP contribution >= 0.6 is 15.9 Å². The average molecular weight is 441 g/mol. The normalized spacial score (nSPS) is 20.3. The van der Waals surface area contributed by atoms with Crippen LogP contribution in [0.3, 0.4) is 0 Å². The number of esters is 1. The Hall–Kier alpha value is -1.18. The van der Waals surface area contributed by atoms with E-state index in [9.17, 15) is 9.90 Å². The summed E-state index contributed by atoms with van der Waals surface area (Å²) in [6, 6.07) is 0. The van der Waals surface area contributed by atoms with Gasteiger partial charge in [0.05, 0.1) is 27.6 Å². The predicted molar refractivity (Wildman–Crippen MR) is 107 cm³/mol. The van der Waals surface area contributed by atoms with Crippen molar-refractivity contribution in [2.75, 3.05) is 24.6 Å². The third kappa shape index (κ3) is 4.15. The minimum absolute atomic E-state index is 0.00937. The molecule has 1 atom stereocenters. The van der Waals surface area contributed by atoms with Crippen molar-refractivity contribution < 1.29 is 19.4 Å². The van der Waals surface area contributed by atoms with E-state index in [-0.39, 0.29) is 11.7 Å². The Balaban J connectivity index is 1.93. The number of halogens is 1. The van der Waals surface area contributed by atoms with Gasteiger partial charge >= 0.3 is 5.97 Å². The van der Waals surface area contributed by atoms with Gasteiger partial charge in [0.1, 0.15) is 0 Å². The molecule has 1 spiro atoms. The monoisotopic (exact) mass is 440 g/mol. The molecule has 2 fully saturated rings. The molecule has 0 amide bonds. The molecule has 1 N–H and O–H groups in total. The molecule has 3 heterocycles. The molecule has 150 valence electrons. The Morgan fingerprint density at radius 2 is 1.93 bits per heavy atom. The van der Waals surface area contributed by atoms with Gasteiger partial charge in [0.15, 0.2) is 6.10 Å². The van der Waals surface area contributed by atoms with Gasteiger partial charge < -0.3 is 19.5 Å². The van der Waals surface area contributed by atoms with Crippen LogP contribution in [-0.2, 0) is 14.3 Å². The second kappa shape index (κ2) is 8.05. The number of nitrogens with zero attached hydrogens (tertiary/aromatic N) is 2. The van der Waals surface area contributed by atoms with Gasteiger partial charge in [-0.1, -0.05) is 0 Å². The fourth-order valence-corrected chi connectivity index (χ4v) is 4.71. The molecular weight excluding hydrogens is 412 g/mol. The molecule has 3 rings (SSSR count). The number of rotatable bonds is 4. The quantitative estimate of drug-likeness (QED) is 0.721. The summed E-state index contributed by atoms with van der Waals surface area (Å²) in [4.78, 5) is 19.1. The van der Waals surface area contributed by atoms with E-state index >= 15 is 0 Å². The molecule has 0 aromatic carbocycles. The maximum absolute atomic E-state index is 12.4. The highest BCUT2D eigenvalue weighted by molar-refractivity contribution is 9.10. The molecule has 0 radical (unpaired) electrons. The molecule has 7 heteroatoms. The lowest BCUT2D eigenvalue weighted by atomic mass is 9.88. The van der Waals surface area contributed by atoms with E-state index in [1.807, 2.05) is 13.8 Å². The Labute approximate surface area is 169 Å². The number of carbonyl (C=O) groups is 1. The number of piperidine rings is 1. The summed E-state index contributed by atoms with van der Waals surface area (Å²) >= 11 is 3.65. The van der Waals surface area contributed by atoms with Gasteiger partial charge in [-0.2, -0.15) is 0 Å². The van der Waals surface area contributed by atoms with E-state index < -0.39 is 12.1 Å². The zero-order valence-corrected chi connectivity index (χ0v) is 18.1. The Bertz CT molecular complexity index is 706. The summed E-state index contributed by atoms with van der Waals surface area (Å²) in [6.07, 6.45) is 2.50. The minimum atomic E-state index is -1.36. The number of aromatic nitrogens is 1. The number of pyridine rings is 1. The highest BCUT2D eigenvalue weighted by Gasteiger charge is 2.40. The van der Waals surface area contributed by atoms with E-state index in [4.69, 9.17) is 9.47 Å². The molecule has 2 aliphatic rings. The highest BCUT2D eigenvalue weighted by Crippen LogP contribution is 2.42. The van der Waals surface area contributed by atoms with Crippen LogP contribution in [-0.4, -0.2) is 47.5 Å². The van der Waals surface area contributed by atoms with Crippen LogP contribution in [0, 0.1) is 13.8 Å². The minimum Gasteiger partial charge on any atom is -0.461 e. The largest absolute Gasteiger partial charge is 0.461 e. The smallest absolute Gasteiger partial charge is 0.340 e. The Morgan fingerprint density at radius 1 is 1.26 bits per heavy atom. The fraction of sp³-hybridized carbons (Fsp3) is 0.700. The molecule has 0 bridgehead atoms. The number of aryl methyl sites for hydroxylation is 2. The summed E-state index contributed by atoms with van der Waals surface area (Å²) in [6.45, 7) is 9.79. The van der Waals surface area contributed by atoms with Gasteiger partial charge in [-0.05, 0) is 69.3 Å². The zero-order valence-electron chi connectivity index (χ0n) is 16.5. The van der Waals surface area contributed by atoms with Crippen LogP contribution in [0.2, 0.25) is 0 Å². The van der Waals surface area contributed by atoms with Crippen LogP contribution in [0.25, 0.3) is 0 Å². The number of ether oxygens (including phenoxy) is 2. The average Bonchev–Trinajstić information content (AvgIpc) is 3.06. The SMILES string of the molecule is Cc1nc(C)c(C(O)C(=O)OC(C)C)c(N2CCC3(CCCO3)CC2)c1Br. The van der Waals surface area contributed by atoms with Crippen molar-refractivity contribution in [2.24, 2.45) is 0 Å². The Morgan fingerprint density at radius 3 is 2.48 bits per heavy atom. The van der Waals surface area contributed by atoms with Crippen molar-refractivity contribution >= 4 is 27.6 Å². The van der Waals surface area contributed by atoms with Crippen molar-refractivity contribution in [3.05, 3.63) is 21.4 Å². The molecule has 1 aromatic heterocycles. The summed E-state index contributed by atoms with van der Waals surface area (Å²) in [5, 5.41) is 10.8. The van der Waals surface area contributed by atoms with Crippen LogP contribution in [0.15, 0.2) is 4.47 Å². The van der Waals surface area contributed by atoms with E-state index in [0.29, 0.717) is 11.3 Å². The number of anilines is 1. The molecule has 1 unspecified atom stereocenters. The first-order valence-corrected chi connectivity index (χ1v) is 10.5. The summed E-state index contributed by atoms with van der Waals surface area (Å²) in [7, 11) is 0. The molecule has 1 aromatic rings. The van der Waals surface area contributed by atoms with Crippen LogP contribution in [0.4, 0.5) is 5.69 Å². The standard InChI is InChI=1S/C20H29BrN2O4/c1-12(2)27-19(25)18(24)15-13(3)22-14(4)16(21)17(15)23-9-7-20(8-10-23)6-5-11-26-20/h12,18,24H,5-11H2,1-4H3. The molecule has 2 aliphatic heterocycles. The van der Waals surface area contributed by atoms with E-state index in [2.05, 4.69) is 25.8 Å². The van der Waals surface area contributed by atoms with Crippen molar-refractivity contribution in [3.8, 4) is 0 Å². The first-order valence-electron chi connectivity index (χ1n) is 9.68. The maximum Gasteiger partial charge on any atom is 0.340 e. The topological polar surface area (TPSA) is 71.9 Å². The van der Waals surface area contributed by atoms with Crippen molar-refractivity contribution in [2.45, 2.75) is 71.2 Å². The molecular formula is C20H29BrN2O4. The predicted octanol–water partition coefficient (Wildman–Crippen LogP) is 3.60. The highest BCUT2D eigenvalue weighted by atomic mass is 79.9. The number of aliphatic hydroxyl groups excluding tert-OH is 1. The van der Waals surface area contributed by atoms with Gasteiger partial charge in [-0.15, -0.1) is 0 Å². The van der Waals surface area contributed by atoms with E-state index in [1.165, 1.54) is 0 Å². The zero-order chi connectivity index (χ0) is 19.8. The van der Waals surface area contributed by atoms with Crippen LogP contribution < -0.4 is 4.90 Å². The van der Waals surface area contributed by atoms with Crippen molar-refractivity contribution in [1.82, 2.24) is 4.98 Å².